The number of aromatic nitrogens is 3. The number of hydrogen-bond acceptors (Lipinski definition) is 10. The molecule has 1 aliphatic rings. The SMILES string of the molecule is CCCOc1ccc(-c2cc(C(CCCOS(=O)(=O)O)(C(=O)O)N3Cc4[nH]c(-c5cccc(F)c5F)nc4C=N3)on2)c(C(F)(F)F)c1. The molecule has 5 rings (SSSR count). The van der Waals surface area contributed by atoms with Crippen LogP contribution >= 0.6 is 0 Å². The van der Waals surface area contributed by atoms with Crippen molar-refractivity contribution in [2.45, 2.75) is 44.4 Å². The summed E-state index contributed by atoms with van der Waals surface area (Å²) in [5, 5.41) is 19.5. The van der Waals surface area contributed by atoms with Gasteiger partial charge in [0.15, 0.2) is 17.4 Å². The molecule has 0 spiro atoms. The first-order valence-corrected chi connectivity index (χ1v) is 15.5. The van der Waals surface area contributed by atoms with Gasteiger partial charge in [-0.15, -0.1) is 0 Å². The molecule has 48 heavy (non-hydrogen) atoms. The lowest BCUT2D eigenvalue weighted by molar-refractivity contribution is -0.156. The minimum absolute atomic E-state index is 0.0501. The number of hydrogen-bond donors (Lipinski definition) is 3. The van der Waals surface area contributed by atoms with Gasteiger partial charge >= 0.3 is 22.5 Å². The Balaban J connectivity index is 1.56. The lowest BCUT2D eigenvalue weighted by Gasteiger charge is -2.37. The highest BCUT2D eigenvalue weighted by molar-refractivity contribution is 7.80. The Morgan fingerprint density at radius 1 is 1.12 bits per heavy atom. The number of carboxylic acid groups (broad SMARTS) is 1. The Morgan fingerprint density at radius 3 is 2.58 bits per heavy atom. The molecule has 2 aromatic carbocycles. The summed E-state index contributed by atoms with van der Waals surface area (Å²) in [5.74, 6) is -4.59. The predicted molar refractivity (Wildman–Crippen MR) is 156 cm³/mol. The monoisotopic (exact) mass is 699 g/mol. The third kappa shape index (κ3) is 7.02. The maximum absolute atomic E-state index is 14.5. The van der Waals surface area contributed by atoms with Crippen LogP contribution in [0.15, 0.2) is 52.1 Å². The molecule has 4 aromatic rings. The summed E-state index contributed by atoms with van der Waals surface area (Å²) >= 11 is 0. The van der Waals surface area contributed by atoms with Crippen molar-refractivity contribution in [3.8, 4) is 28.4 Å². The lowest BCUT2D eigenvalue weighted by Crippen LogP contribution is -2.50. The highest BCUT2D eigenvalue weighted by atomic mass is 32.3. The number of carboxylic acids is 1. The molecule has 1 aliphatic heterocycles. The zero-order chi connectivity index (χ0) is 34.9. The van der Waals surface area contributed by atoms with Crippen LogP contribution in [0, 0.1) is 11.6 Å². The van der Waals surface area contributed by atoms with Gasteiger partial charge in [-0.1, -0.05) is 18.1 Å². The Labute approximate surface area is 268 Å². The van der Waals surface area contributed by atoms with Crippen LogP contribution in [0.1, 0.15) is 48.9 Å². The van der Waals surface area contributed by atoms with Crippen LogP contribution in [0.3, 0.4) is 0 Å². The fraction of sp³-hybridized carbons (Fsp3) is 0.310. The number of carbonyl (C=O) groups is 1. The van der Waals surface area contributed by atoms with Crippen molar-refractivity contribution >= 4 is 22.6 Å². The number of benzene rings is 2. The standard InChI is InChI=1S/C29H26F5N5O8S/c1-2-10-45-16-7-8-17(19(12-16)29(32,33)34)21-13-24(47-38-21)28(27(40)41,9-4-11-46-48(42,43)44)39-15-23-22(14-35-39)36-26(37-23)18-5-3-6-20(30)25(18)31/h3,5-8,12-14H,2,4,9-11,15H2,1H3,(H,36,37)(H,40,41)(H,42,43,44). The number of imidazole rings is 1. The van der Waals surface area contributed by atoms with Crippen LogP contribution in [0.5, 0.6) is 5.75 Å². The maximum Gasteiger partial charge on any atom is 0.417 e. The molecule has 256 valence electrons. The fourth-order valence-corrected chi connectivity index (χ4v) is 5.42. The summed E-state index contributed by atoms with van der Waals surface area (Å²) in [6, 6.07) is 7.60. The van der Waals surface area contributed by atoms with Crippen LogP contribution in [0.2, 0.25) is 0 Å². The molecule has 19 heteroatoms. The first-order chi connectivity index (χ1) is 22.6. The number of rotatable bonds is 13. The van der Waals surface area contributed by atoms with E-state index in [4.69, 9.17) is 13.8 Å². The van der Waals surface area contributed by atoms with Crippen LogP contribution in [0.4, 0.5) is 22.0 Å². The van der Waals surface area contributed by atoms with Gasteiger partial charge < -0.3 is 19.4 Å². The van der Waals surface area contributed by atoms with Gasteiger partial charge in [-0.25, -0.2) is 22.7 Å². The van der Waals surface area contributed by atoms with E-state index in [-0.39, 0.29) is 53.8 Å². The van der Waals surface area contributed by atoms with E-state index in [1.165, 1.54) is 18.2 Å². The smallest absolute Gasteiger partial charge is 0.417 e. The van der Waals surface area contributed by atoms with Gasteiger partial charge in [0.2, 0.25) is 5.54 Å². The van der Waals surface area contributed by atoms with E-state index in [0.29, 0.717) is 6.42 Å². The van der Waals surface area contributed by atoms with Gasteiger partial charge in [0.05, 0.1) is 42.8 Å². The number of H-pyrrole nitrogens is 1. The van der Waals surface area contributed by atoms with E-state index in [0.717, 1.165) is 35.5 Å². The molecule has 2 aromatic heterocycles. The second-order valence-electron chi connectivity index (χ2n) is 10.5. The predicted octanol–water partition coefficient (Wildman–Crippen LogP) is 5.55. The molecule has 0 aliphatic carbocycles. The lowest BCUT2D eigenvalue weighted by atomic mass is 9.88. The Morgan fingerprint density at radius 2 is 1.90 bits per heavy atom. The summed E-state index contributed by atoms with van der Waals surface area (Å²) in [4.78, 5) is 20.1. The average Bonchev–Trinajstić information content (AvgIpc) is 3.68. The number of alkyl halides is 3. The van der Waals surface area contributed by atoms with Gasteiger partial charge in [-0.3, -0.25) is 9.56 Å². The second kappa shape index (κ2) is 13.3. The van der Waals surface area contributed by atoms with Gasteiger partial charge in [0.1, 0.15) is 23.0 Å². The summed E-state index contributed by atoms with van der Waals surface area (Å²) < 4.78 is 117. The van der Waals surface area contributed by atoms with E-state index in [1.807, 2.05) is 0 Å². The molecule has 13 nitrogen and oxygen atoms in total. The van der Waals surface area contributed by atoms with Gasteiger partial charge in [0, 0.05) is 11.6 Å². The van der Waals surface area contributed by atoms with Crippen LogP contribution < -0.4 is 4.74 Å². The topological polar surface area (TPSA) is 180 Å². The van der Waals surface area contributed by atoms with Crippen molar-refractivity contribution in [1.29, 1.82) is 0 Å². The largest absolute Gasteiger partial charge is 0.494 e. The number of ether oxygens (including phenoxy) is 1. The summed E-state index contributed by atoms with van der Waals surface area (Å²) in [6.45, 7) is 0.874. The number of nitrogens with one attached hydrogen (secondary N) is 1. The van der Waals surface area contributed by atoms with Crippen molar-refractivity contribution in [3.05, 3.63) is 76.8 Å². The molecule has 3 N–H and O–H groups in total. The van der Waals surface area contributed by atoms with Crippen LogP contribution in [-0.2, 0) is 37.6 Å². The Kier molecular flexibility index (Phi) is 9.56. The van der Waals surface area contributed by atoms with E-state index in [9.17, 15) is 40.3 Å². The van der Waals surface area contributed by atoms with Crippen molar-refractivity contribution < 1.29 is 58.3 Å². The first-order valence-electron chi connectivity index (χ1n) is 14.2. The van der Waals surface area contributed by atoms with Gasteiger partial charge in [-0.2, -0.15) is 26.7 Å². The van der Waals surface area contributed by atoms with E-state index < -0.39 is 69.6 Å². The third-order valence-corrected chi connectivity index (χ3v) is 7.78. The molecule has 3 heterocycles. The van der Waals surface area contributed by atoms with Crippen LogP contribution in [0.25, 0.3) is 22.6 Å². The van der Waals surface area contributed by atoms with E-state index in [2.05, 4.69) is 24.4 Å². The minimum atomic E-state index is -4.90. The number of hydrazone groups is 1. The molecule has 0 saturated heterocycles. The molecular weight excluding hydrogens is 673 g/mol. The van der Waals surface area contributed by atoms with Crippen molar-refractivity contribution in [3.63, 3.8) is 0 Å². The first kappa shape index (κ1) is 34.5. The number of halogens is 5. The number of fused-ring (bicyclic) bond motifs is 1. The van der Waals surface area contributed by atoms with Crippen molar-refractivity contribution in [2.24, 2.45) is 5.10 Å². The minimum Gasteiger partial charge on any atom is -0.494 e. The summed E-state index contributed by atoms with van der Waals surface area (Å²) in [6.07, 6.45) is -4.10. The summed E-state index contributed by atoms with van der Waals surface area (Å²) in [5.41, 5.74) is -4.19. The molecule has 0 amide bonds. The molecule has 0 saturated carbocycles. The zero-order valence-corrected chi connectivity index (χ0v) is 25.6. The second-order valence-corrected chi connectivity index (χ2v) is 11.6. The average molecular weight is 700 g/mol. The molecule has 0 radical (unpaired) electrons. The Bertz CT molecular complexity index is 1960. The normalized spacial score (nSPS) is 14.5. The highest BCUT2D eigenvalue weighted by Crippen LogP contribution is 2.42. The maximum atomic E-state index is 14.5. The van der Waals surface area contributed by atoms with Crippen molar-refractivity contribution in [1.82, 2.24) is 20.1 Å². The molecule has 0 bridgehead atoms. The van der Waals surface area contributed by atoms with Gasteiger partial charge in [-0.05, 0) is 49.6 Å². The molecular formula is C29H26F5N5O8S. The fourth-order valence-electron chi connectivity index (χ4n) is 5.10. The highest BCUT2D eigenvalue weighted by Gasteiger charge is 2.51. The quantitative estimate of drug-likeness (QED) is 0.0905. The summed E-state index contributed by atoms with van der Waals surface area (Å²) in [7, 11) is -4.90. The molecule has 1 atom stereocenters. The number of nitrogens with zero attached hydrogens (tertiary/aromatic N) is 4. The van der Waals surface area contributed by atoms with Gasteiger partial charge in [0.25, 0.3) is 0 Å². The number of aliphatic carboxylic acids is 1. The number of aromatic amines is 1. The van der Waals surface area contributed by atoms with Crippen LogP contribution in [-0.4, -0.2) is 63.6 Å². The van der Waals surface area contributed by atoms with Crippen molar-refractivity contribution in [2.75, 3.05) is 13.2 Å². The zero-order valence-electron chi connectivity index (χ0n) is 24.8. The van der Waals surface area contributed by atoms with E-state index in [1.54, 1.807) is 6.92 Å². The molecule has 1 unspecified atom stereocenters. The molecule has 0 fully saturated rings. The Hall–Kier alpha value is -4.88. The third-order valence-electron chi connectivity index (χ3n) is 7.32. The van der Waals surface area contributed by atoms with E-state index >= 15 is 0 Å².